The van der Waals surface area contributed by atoms with E-state index in [0.717, 1.165) is 19.3 Å². The third-order valence-corrected chi connectivity index (χ3v) is 4.48. The molecule has 0 rings (SSSR count). The van der Waals surface area contributed by atoms with Crippen molar-refractivity contribution in [3.05, 3.63) is 0 Å². The number of likely N-dealkylation sites (N-methyl/N-ethyl adjacent to an activating group) is 1. The predicted molar refractivity (Wildman–Crippen MR) is 125 cm³/mol. The minimum absolute atomic E-state index is 0.0407. The average molecular weight is 491 g/mol. The molecule has 0 heterocycles. The SMILES string of the molecule is CN[C@@H](CCCCNC(=O)COCCOCCNC(=O)COCCOCCNC(C)=O)C(C)=O. The van der Waals surface area contributed by atoms with Crippen LogP contribution in [0, 0.1) is 0 Å². The van der Waals surface area contributed by atoms with Crippen LogP contribution < -0.4 is 21.3 Å². The Bertz CT molecular complexity index is 577. The Morgan fingerprint density at radius 3 is 1.65 bits per heavy atom. The zero-order valence-electron chi connectivity index (χ0n) is 20.7. The summed E-state index contributed by atoms with van der Waals surface area (Å²) < 4.78 is 21.0. The maximum atomic E-state index is 11.7. The van der Waals surface area contributed by atoms with Gasteiger partial charge in [0.05, 0.1) is 45.7 Å². The summed E-state index contributed by atoms with van der Waals surface area (Å²) in [4.78, 5) is 45.3. The van der Waals surface area contributed by atoms with E-state index in [1.807, 2.05) is 0 Å². The summed E-state index contributed by atoms with van der Waals surface area (Å²) >= 11 is 0. The second kappa shape index (κ2) is 22.7. The molecular weight excluding hydrogens is 448 g/mol. The summed E-state index contributed by atoms with van der Waals surface area (Å²) in [5, 5.41) is 11.0. The van der Waals surface area contributed by atoms with Crippen LogP contribution in [-0.2, 0) is 38.1 Å². The molecule has 0 aromatic carbocycles. The Hall–Kier alpha value is -2.12. The summed E-state index contributed by atoms with van der Waals surface area (Å²) in [6.07, 6.45) is 2.39. The van der Waals surface area contributed by atoms with Gasteiger partial charge in [-0.15, -0.1) is 0 Å². The first-order chi connectivity index (χ1) is 16.4. The van der Waals surface area contributed by atoms with Gasteiger partial charge in [0.25, 0.3) is 0 Å². The molecule has 0 fully saturated rings. The second-order valence-corrected chi connectivity index (χ2v) is 7.46. The van der Waals surface area contributed by atoms with Crippen LogP contribution in [0.5, 0.6) is 0 Å². The van der Waals surface area contributed by atoms with E-state index in [-0.39, 0.29) is 56.0 Å². The van der Waals surface area contributed by atoms with Crippen molar-refractivity contribution in [2.75, 3.05) is 79.5 Å². The molecule has 0 radical (unpaired) electrons. The van der Waals surface area contributed by atoms with E-state index in [0.29, 0.717) is 46.1 Å². The minimum atomic E-state index is -0.252. The minimum Gasteiger partial charge on any atom is -0.377 e. The van der Waals surface area contributed by atoms with E-state index in [1.165, 1.54) is 6.92 Å². The Balaban J connectivity index is 3.38. The molecule has 0 saturated heterocycles. The van der Waals surface area contributed by atoms with Crippen LogP contribution in [0.25, 0.3) is 0 Å². The molecule has 0 unspecified atom stereocenters. The van der Waals surface area contributed by atoms with Crippen molar-refractivity contribution in [3.63, 3.8) is 0 Å². The monoisotopic (exact) mass is 490 g/mol. The molecule has 3 amide bonds. The van der Waals surface area contributed by atoms with Gasteiger partial charge >= 0.3 is 0 Å². The first kappa shape index (κ1) is 31.9. The lowest BCUT2D eigenvalue weighted by molar-refractivity contribution is -0.127. The molecule has 0 aliphatic carbocycles. The summed E-state index contributed by atoms with van der Waals surface area (Å²) in [5.74, 6) is -0.433. The van der Waals surface area contributed by atoms with Gasteiger partial charge in [0, 0.05) is 26.6 Å². The molecule has 12 nitrogen and oxygen atoms in total. The number of hydrogen-bond donors (Lipinski definition) is 4. The van der Waals surface area contributed by atoms with Gasteiger partial charge in [-0.3, -0.25) is 19.2 Å². The second-order valence-electron chi connectivity index (χ2n) is 7.46. The fourth-order valence-electron chi connectivity index (χ4n) is 2.69. The van der Waals surface area contributed by atoms with Gasteiger partial charge in [-0.05, 0) is 33.2 Å². The zero-order valence-corrected chi connectivity index (χ0v) is 20.7. The molecule has 0 aliphatic rings. The van der Waals surface area contributed by atoms with Crippen molar-refractivity contribution in [1.82, 2.24) is 21.3 Å². The molecule has 34 heavy (non-hydrogen) atoms. The molecule has 198 valence electrons. The van der Waals surface area contributed by atoms with Crippen LogP contribution in [-0.4, -0.2) is 109 Å². The number of carbonyl (C=O) groups excluding carboxylic acids is 4. The molecule has 0 spiro atoms. The molecule has 1 atom stereocenters. The van der Waals surface area contributed by atoms with E-state index in [9.17, 15) is 19.2 Å². The lowest BCUT2D eigenvalue weighted by Crippen LogP contribution is -2.33. The van der Waals surface area contributed by atoms with Crippen LogP contribution in [0.3, 0.4) is 0 Å². The number of amides is 3. The summed E-state index contributed by atoms with van der Waals surface area (Å²) in [6.45, 7) is 6.14. The van der Waals surface area contributed by atoms with Crippen LogP contribution >= 0.6 is 0 Å². The fraction of sp³-hybridized carbons (Fsp3) is 0.818. The van der Waals surface area contributed by atoms with E-state index in [2.05, 4.69) is 21.3 Å². The van der Waals surface area contributed by atoms with E-state index in [1.54, 1.807) is 14.0 Å². The van der Waals surface area contributed by atoms with Crippen molar-refractivity contribution < 1.29 is 38.1 Å². The molecule has 0 aromatic heterocycles. The molecule has 0 aliphatic heterocycles. The lowest BCUT2D eigenvalue weighted by atomic mass is 10.1. The van der Waals surface area contributed by atoms with Crippen molar-refractivity contribution in [1.29, 1.82) is 0 Å². The van der Waals surface area contributed by atoms with Crippen LogP contribution in [0.4, 0.5) is 0 Å². The number of ether oxygens (including phenoxy) is 4. The van der Waals surface area contributed by atoms with Gasteiger partial charge < -0.3 is 40.2 Å². The molecule has 0 bridgehead atoms. The average Bonchev–Trinajstić information content (AvgIpc) is 2.79. The maximum absolute atomic E-state index is 11.7. The molecule has 0 aromatic rings. The number of hydrogen-bond acceptors (Lipinski definition) is 9. The Labute approximate surface area is 202 Å². The largest absolute Gasteiger partial charge is 0.377 e. The van der Waals surface area contributed by atoms with Crippen molar-refractivity contribution >= 4 is 23.5 Å². The van der Waals surface area contributed by atoms with Gasteiger partial charge in [0.2, 0.25) is 17.7 Å². The topological polar surface area (TPSA) is 153 Å². The first-order valence-corrected chi connectivity index (χ1v) is 11.6. The third-order valence-electron chi connectivity index (χ3n) is 4.48. The molecular formula is C22H42N4O8. The quantitative estimate of drug-likeness (QED) is 0.129. The number of unbranched alkanes of at least 4 members (excludes halogenated alkanes) is 1. The fourth-order valence-corrected chi connectivity index (χ4v) is 2.69. The van der Waals surface area contributed by atoms with Gasteiger partial charge in [-0.1, -0.05) is 0 Å². The van der Waals surface area contributed by atoms with Crippen LogP contribution in [0.1, 0.15) is 33.1 Å². The van der Waals surface area contributed by atoms with E-state index >= 15 is 0 Å². The van der Waals surface area contributed by atoms with Crippen LogP contribution in [0.15, 0.2) is 0 Å². The number of carbonyl (C=O) groups is 4. The number of rotatable bonds is 23. The smallest absolute Gasteiger partial charge is 0.246 e. The van der Waals surface area contributed by atoms with Gasteiger partial charge in [0.15, 0.2) is 0 Å². The normalized spacial score (nSPS) is 11.6. The number of ketones is 1. The third kappa shape index (κ3) is 21.7. The number of nitrogens with one attached hydrogen (secondary N) is 4. The molecule has 0 saturated carbocycles. The highest BCUT2D eigenvalue weighted by Crippen LogP contribution is 2.01. The summed E-state index contributed by atoms with van der Waals surface area (Å²) in [5.41, 5.74) is 0. The standard InChI is InChI=1S/C22H42N4O8/c1-18(27)20(23-3)6-4-5-7-25-21(29)16-33-15-13-32-11-9-26-22(30)17-34-14-12-31-10-8-24-19(2)28/h20,23H,4-17H2,1-3H3,(H,24,28)(H,25,29)(H,26,30)/t20-/m0/s1. The summed E-state index contributed by atoms with van der Waals surface area (Å²) in [7, 11) is 1.76. The van der Waals surface area contributed by atoms with Crippen LogP contribution in [0.2, 0.25) is 0 Å². The van der Waals surface area contributed by atoms with E-state index in [4.69, 9.17) is 18.9 Å². The number of Topliss-reactive ketones (excluding diaryl/α,β-unsaturated/α-hetero) is 1. The summed E-state index contributed by atoms with van der Waals surface area (Å²) in [6, 6.07) is -0.125. The Morgan fingerprint density at radius 1 is 0.647 bits per heavy atom. The zero-order chi connectivity index (χ0) is 25.4. The first-order valence-electron chi connectivity index (χ1n) is 11.6. The highest BCUT2D eigenvalue weighted by molar-refractivity contribution is 5.81. The predicted octanol–water partition coefficient (Wildman–Crippen LogP) is -1.23. The van der Waals surface area contributed by atoms with Crippen molar-refractivity contribution in [2.24, 2.45) is 0 Å². The molecule has 4 N–H and O–H groups in total. The Kier molecular flexibility index (Phi) is 21.2. The van der Waals surface area contributed by atoms with Crippen molar-refractivity contribution in [2.45, 2.75) is 39.2 Å². The highest BCUT2D eigenvalue weighted by Gasteiger charge is 2.10. The Morgan fingerprint density at radius 2 is 1.15 bits per heavy atom. The maximum Gasteiger partial charge on any atom is 0.246 e. The van der Waals surface area contributed by atoms with Gasteiger partial charge in [-0.2, -0.15) is 0 Å². The van der Waals surface area contributed by atoms with E-state index < -0.39 is 0 Å². The highest BCUT2D eigenvalue weighted by atomic mass is 16.5. The molecule has 12 heteroatoms. The van der Waals surface area contributed by atoms with Gasteiger partial charge in [-0.25, -0.2) is 0 Å². The van der Waals surface area contributed by atoms with Crippen molar-refractivity contribution in [3.8, 4) is 0 Å². The lowest BCUT2D eigenvalue weighted by Gasteiger charge is -2.12. The van der Waals surface area contributed by atoms with Gasteiger partial charge in [0.1, 0.15) is 19.0 Å².